The molecule has 0 aliphatic rings. The minimum absolute atomic E-state index is 0.340. The first-order chi connectivity index (χ1) is 11.1. The molecule has 0 spiro atoms. The van der Waals surface area contributed by atoms with E-state index in [4.69, 9.17) is 0 Å². The highest BCUT2D eigenvalue weighted by Crippen LogP contribution is 2.16. The predicted octanol–water partition coefficient (Wildman–Crippen LogP) is 0.331. The summed E-state index contributed by atoms with van der Waals surface area (Å²) >= 11 is 0. The number of nitrogens with zero attached hydrogens (tertiary/aromatic N) is 5. The van der Waals surface area contributed by atoms with Gasteiger partial charge >= 0.3 is 5.69 Å². The molecule has 0 amide bonds. The van der Waals surface area contributed by atoms with E-state index in [1.54, 1.807) is 31.8 Å². The number of nitrogens with one attached hydrogen (secondary N) is 1. The third kappa shape index (κ3) is 2.75. The third-order valence-corrected chi connectivity index (χ3v) is 3.81. The fourth-order valence-electron chi connectivity index (χ4n) is 2.54. The monoisotopic (exact) mass is 314 g/mol. The molecule has 3 heterocycles. The van der Waals surface area contributed by atoms with Crippen molar-refractivity contribution >= 4 is 16.7 Å². The van der Waals surface area contributed by atoms with Crippen molar-refractivity contribution in [2.45, 2.75) is 13.0 Å². The molecule has 8 heteroatoms. The Morgan fingerprint density at radius 3 is 2.74 bits per heavy atom. The van der Waals surface area contributed by atoms with Crippen LogP contribution in [0.3, 0.4) is 0 Å². The normalized spacial score (nSPS) is 11.0. The van der Waals surface area contributed by atoms with Crippen molar-refractivity contribution in [1.82, 2.24) is 23.7 Å². The van der Waals surface area contributed by atoms with Gasteiger partial charge in [-0.25, -0.2) is 14.8 Å². The van der Waals surface area contributed by atoms with Gasteiger partial charge in [0, 0.05) is 45.8 Å². The summed E-state index contributed by atoms with van der Waals surface area (Å²) in [6.07, 6.45) is 7.90. The van der Waals surface area contributed by atoms with Crippen LogP contribution in [-0.2, 0) is 20.6 Å². The highest BCUT2D eigenvalue weighted by Gasteiger charge is 2.12. The molecular weight excluding hydrogens is 296 g/mol. The maximum absolute atomic E-state index is 12.4. The molecule has 0 fully saturated rings. The van der Waals surface area contributed by atoms with Gasteiger partial charge in [-0.15, -0.1) is 0 Å². The molecule has 1 N–H and O–H groups in total. The van der Waals surface area contributed by atoms with Gasteiger partial charge in [0.15, 0.2) is 5.65 Å². The van der Waals surface area contributed by atoms with Crippen LogP contribution in [0.2, 0.25) is 0 Å². The van der Waals surface area contributed by atoms with Gasteiger partial charge in [0.25, 0.3) is 5.56 Å². The first-order valence-corrected chi connectivity index (χ1v) is 7.34. The van der Waals surface area contributed by atoms with Crippen LogP contribution in [0.4, 0.5) is 5.69 Å². The molecule has 0 aliphatic heterocycles. The number of aromatic nitrogens is 5. The van der Waals surface area contributed by atoms with Crippen LogP contribution >= 0.6 is 0 Å². The van der Waals surface area contributed by atoms with Gasteiger partial charge in [-0.3, -0.25) is 13.9 Å². The summed E-state index contributed by atoms with van der Waals surface area (Å²) in [7, 11) is 3.08. The summed E-state index contributed by atoms with van der Waals surface area (Å²) in [6, 6.07) is 1.76. The fourth-order valence-corrected chi connectivity index (χ4v) is 2.54. The van der Waals surface area contributed by atoms with Gasteiger partial charge < -0.3 is 9.88 Å². The molecule has 0 bridgehead atoms. The molecule has 0 saturated heterocycles. The Balaban J connectivity index is 1.86. The third-order valence-electron chi connectivity index (χ3n) is 3.81. The summed E-state index contributed by atoms with van der Waals surface area (Å²) in [6.45, 7) is 1.54. The van der Waals surface area contributed by atoms with Crippen molar-refractivity contribution in [1.29, 1.82) is 0 Å². The van der Waals surface area contributed by atoms with Crippen LogP contribution in [0.5, 0.6) is 0 Å². The Bertz CT molecular complexity index is 939. The second-order valence-corrected chi connectivity index (χ2v) is 5.34. The molecular formula is C15H18N6O2. The molecule has 0 atom stereocenters. The lowest BCUT2D eigenvalue weighted by Gasteiger charge is -2.12. The Hall–Kier alpha value is -2.90. The van der Waals surface area contributed by atoms with Crippen molar-refractivity contribution < 1.29 is 0 Å². The number of pyridine rings is 1. The minimum atomic E-state index is -0.382. The van der Waals surface area contributed by atoms with Crippen molar-refractivity contribution in [3.05, 3.63) is 51.8 Å². The number of aryl methyl sites for hydroxylation is 2. The fraction of sp³-hybridized carbons (Fsp3) is 0.333. The predicted molar refractivity (Wildman–Crippen MR) is 87.6 cm³/mol. The molecule has 0 unspecified atom stereocenters. The molecule has 3 rings (SSSR count). The topological polar surface area (TPSA) is 86.7 Å². The molecule has 3 aromatic rings. The average Bonchev–Trinajstić information content (AvgIpc) is 3.08. The summed E-state index contributed by atoms with van der Waals surface area (Å²) in [5.41, 5.74) is 0.357. The number of fused-ring (bicyclic) bond motifs is 1. The van der Waals surface area contributed by atoms with Gasteiger partial charge in [0.05, 0.1) is 12.0 Å². The average molecular weight is 314 g/mol. The van der Waals surface area contributed by atoms with E-state index >= 15 is 0 Å². The Labute approximate surface area is 132 Å². The molecule has 0 aromatic carbocycles. The van der Waals surface area contributed by atoms with Crippen LogP contribution in [0, 0.1) is 0 Å². The number of hydrogen-bond acceptors (Lipinski definition) is 5. The lowest BCUT2D eigenvalue weighted by molar-refractivity contribution is 0.660. The van der Waals surface area contributed by atoms with Gasteiger partial charge in [-0.2, -0.15) is 0 Å². The summed E-state index contributed by atoms with van der Waals surface area (Å²) < 4.78 is 4.48. The maximum Gasteiger partial charge on any atom is 0.332 e. The van der Waals surface area contributed by atoms with Gasteiger partial charge in [0.2, 0.25) is 0 Å². The van der Waals surface area contributed by atoms with Gasteiger partial charge in [-0.05, 0) is 12.5 Å². The molecule has 23 heavy (non-hydrogen) atoms. The highest BCUT2D eigenvalue weighted by molar-refractivity contribution is 5.87. The Kier molecular flexibility index (Phi) is 3.96. The first-order valence-electron chi connectivity index (χ1n) is 7.34. The van der Waals surface area contributed by atoms with E-state index in [9.17, 15) is 9.59 Å². The van der Waals surface area contributed by atoms with Crippen LogP contribution in [0.25, 0.3) is 11.0 Å². The molecule has 0 aliphatic carbocycles. The van der Waals surface area contributed by atoms with E-state index in [0.29, 0.717) is 23.3 Å². The number of anilines is 1. The number of hydrogen-bond donors (Lipinski definition) is 1. The quantitative estimate of drug-likeness (QED) is 0.686. The molecule has 8 nitrogen and oxygen atoms in total. The van der Waals surface area contributed by atoms with Crippen LogP contribution in [0.1, 0.15) is 6.42 Å². The van der Waals surface area contributed by atoms with Crippen molar-refractivity contribution in [3.63, 3.8) is 0 Å². The van der Waals surface area contributed by atoms with Gasteiger partial charge in [0.1, 0.15) is 5.39 Å². The zero-order chi connectivity index (χ0) is 16.4. The lowest BCUT2D eigenvalue weighted by atomic mass is 10.2. The van der Waals surface area contributed by atoms with Crippen molar-refractivity contribution in [3.8, 4) is 0 Å². The largest absolute Gasteiger partial charge is 0.384 e. The molecule has 120 valence electrons. The Morgan fingerprint density at radius 1 is 1.17 bits per heavy atom. The standard InChI is InChI=1S/C15H18N6O2/c1-19-13-12(14(22)20(2)15(19)23)11(4-6-18-13)17-5-3-8-21-9-7-16-10-21/h4,6-7,9-10H,3,5,8H2,1-2H3,(H,17,18). The smallest absolute Gasteiger partial charge is 0.332 e. The van der Waals surface area contributed by atoms with E-state index < -0.39 is 0 Å². The minimum Gasteiger partial charge on any atom is -0.384 e. The zero-order valence-electron chi connectivity index (χ0n) is 13.1. The Morgan fingerprint density at radius 2 is 2.00 bits per heavy atom. The van der Waals surface area contributed by atoms with E-state index in [0.717, 1.165) is 17.5 Å². The number of rotatable bonds is 5. The van der Waals surface area contributed by atoms with Crippen LogP contribution in [0.15, 0.2) is 40.6 Å². The van der Waals surface area contributed by atoms with E-state index in [-0.39, 0.29) is 11.2 Å². The van der Waals surface area contributed by atoms with Gasteiger partial charge in [-0.1, -0.05) is 0 Å². The molecule has 0 saturated carbocycles. The van der Waals surface area contributed by atoms with E-state index in [1.165, 1.54) is 11.6 Å². The van der Waals surface area contributed by atoms with Crippen molar-refractivity contribution in [2.24, 2.45) is 14.1 Å². The molecule has 0 radical (unpaired) electrons. The van der Waals surface area contributed by atoms with Crippen molar-refractivity contribution in [2.75, 3.05) is 11.9 Å². The van der Waals surface area contributed by atoms with E-state index in [1.807, 2.05) is 10.8 Å². The van der Waals surface area contributed by atoms with E-state index in [2.05, 4.69) is 15.3 Å². The summed E-state index contributed by atoms with van der Waals surface area (Å²) in [4.78, 5) is 32.5. The summed E-state index contributed by atoms with van der Waals surface area (Å²) in [5, 5.41) is 3.69. The SMILES string of the molecule is Cn1c(=O)c2c(NCCCn3ccnc3)ccnc2n(C)c1=O. The zero-order valence-corrected chi connectivity index (χ0v) is 13.1. The second kappa shape index (κ2) is 6.07. The summed E-state index contributed by atoms with van der Waals surface area (Å²) in [5.74, 6) is 0. The first kappa shape index (κ1) is 15.0. The number of imidazole rings is 1. The highest BCUT2D eigenvalue weighted by atomic mass is 16.2. The second-order valence-electron chi connectivity index (χ2n) is 5.34. The lowest BCUT2D eigenvalue weighted by Crippen LogP contribution is -2.37. The molecule has 3 aromatic heterocycles. The van der Waals surface area contributed by atoms with Crippen LogP contribution < -0.4 is 16.6 Å². The maximum atomic E-state index is 12.4. The van der Waals surface area contributed by atoms with Crippen LogP contribution in [-0.4, -0.2) is 30.2 Å².